The number of aromatic amines is 1. The number of hydrogen-bond donors (Lipinski definition) is 3. The molecule has 2 rings (SSSR count). The van der Waals surface area contributed by atoms with Crippen LogP contribution in [0.1, 0.15) is 11.7 Å². The van der Waals surface area contributed by atoms with Gasteiger partial charge in [0.15, 0.2) is 0 Å². The van der Waals surface area contributed by atoms with Crippen molar-refractivity contribution in [1.82, 2.24) is 9.71 Å². The topological polar surface area (TPSA) is 99.3 Å². The highest BCUT2D eigenvalue weighted by atomic mass is 35.5. The number of halogens is 1. The molecule has 6 nitrogen and oxygen atoms in total. The largest absolute Gasteiger partial charge is 0.387 e. The van der Waals surface area contributed by atoms with E-state index < -0.39 is 21.7 Å². The van der Waals surface area contributed by atoms with Gasteiger partial charge in [0.25, 0.3) is 5.56 Å². The normalized spacial score (nSPS) is 13.3. The molecule has 2 heterocycles. The molecule has 0 bridgehead atoms. The Balaban J connectivity index is 2.11. The maximum absolute atomic E-state index is 12.0. The number of aromatic nitrogens is 1. The van der Waals surface area contributed by atoms with E-state index in [-0.39, 0.29) is 16.5 Å². The summed E-state index contributed by atoms with van der Waals surface area (Å²) >= 11 is 6.99. The van der Waals surface area contributed by atoms with Crippen LogP contribution in [0.5, 0.6) is 0 Å². The van der Waals surface area contributed by atoms with E-state index in [0.29, 0.717) is 5.56 Å². The molecule has 0 aliphatic carbocycles. The van der Waals surface area contributed by atoms with Gasteiger partial charge in [-0.25, -0.2) is 13.1 Å². The molecule has 2 aromatic heterocycles. The van der Waals surface area contributed by atoms with Crippen molar-refractivity contribution >= 4 is 33.0 Å². The van der Waals surface area contributed by atoms with Crippen LogP contribution in [0.25, 0.3) is 0 Å². The Morgan fingerprint density at radius 1 is 1.50 bits per heavy atom. The Bertz CT molecular complexity index is 740. The summed E-state index contributed by atoms with van der Waals surface area (Å²) in [5, 5.41) is 13.1. The first-order chi connectivity index (χ1) is 9.40. The van der Waals surface area contributed by atoms with E-state index in [2.05, 4.69) is 9.71 Å². The van der Waals surface area contributed by atoms with Crippen molar-refractivity contribution in [2.24, 2.45) is 0 Å². The van der Waals surface area contributed by atoms with E-state index in [1.807, 2.05) is 0 Å². The Labute approximate surface area is 124 Å². The highest BCUT2D eigenvalue weighted by Crippen LogP contribution is 2.16. The van der Waals surface area contributed by atoms with Crippen LogP contribution in [0, 0.1) is 0 Å². The predicted molar refractivity (Wildman–Crippen MR) is 76.5 cm³/mol. The number of nitrogens with one attached hydrogen (secondary N) is 2. The lowest BCUT2D eigenvalue weighted by atomic mass is 10.2. The van der Waals surface area contributed by atoms with E-state index in [1.54, 1.807) is 16.8 Å². The molecule has 0 aromatic carbocycles. The van der Waals surface area contributed by atoms with Crippen molar-refractivity contribution in [3.63, 3.8) is 0 Å². The average molecular weight is 335 g/mol. The Kier molecular flexibility index (Phi) is 4.61. The molecule has 1 atom stereocenters. The van der Waals surface area contributed by atoms with Crippen LogP contribution in [0.2, 0.25) is 5.02 Å². The van der Waals surface area contributed by atoms with Crippen molar-refractivity contribution in [1.29, 1.82) is 0 Å². The summed E-state index contributed by atoms with van der Waals surface area (Å²) in [5.74, 6) is 0. The summed E-state index contributed by atoms with van der Waals surface area (Å²) in [7, 11) is -3.85. The Hall–Kier alpha value is -1.19. The highest BCUT2D eigenvalue weighted by Gasteiger charge is 2.18. The zero-order valence-electron chi connectivity index (χ0n) is 10.0. The van der Waals surface area contributed by atoms with Crippen LogP contribution in [0.4, 0.5) is 0 Å². The van der Waals surface area contributed by atoms with Gasteiger partial charge in [0, 0.05) is 12.7 Å². The number of hydrogen-bond acceptors (Lipinski definition) is 5. The first kappa shape index (κ1) is 15.2. The van der Waals surface area contributed by atoms with E-state index in [4.69, 9.17) is 11.6 Å². The van der Waals surface area contributed by atoms with Crippen LogP contribution in [-0.4, -0.2) is 25.1 Å². The molecule has 0 aliphatic heterocycles. The van der Waals surface area contributed by atoms with Gasteiger partial charge in [0.05, 0.1) is 11.0 Å². The van der Waals surface area contributed by atoms with Gasteiger partial charge < -0.3 is 10.1 Å². The van der Waals surface area contributed by atoms with E-state index in [1.165, 1.54) is 11.3 Å². The zero-order valence-corrected chi connectivity index (χ0v) is 12.4. The second-order valence-electron chi connectivity index (χ2n) is 3.94. The van der Waals surface area contributed by atoms with Crippen LogP contribution in [0.15, 0.2) is 38.8 Å². The third kappa shape index (κ3) is 3.47. The number of aliphatic hydroxyl groups excluding tert-OH is 1. The minimum absolute atomic E-state index is 0.167. The zero-order chi connectivity index (χ0) is 14.8. The molecular formula is C11H11ClN2O4S2. The molecular weight excluding hydrogens is 324 g/mol. The molecule has 0 radical (unpaired) electrons. The summed E-state index contributed by atoms with van der Waals surface area (Å²) in [6, 6.07) is 2.76. The number of aliphatic hydroxyl groups is 1. The molecule has 3 N–H and O–H groups in total. The molecule has 0 saturated heterocycles. The van der Waals surface area contributed by atoms with Crippen LogP contribution >= 0.6 is 22.9 Å². The molecule has 2 aromatic rings. The van der Waals surface area contributed by atoms with E-state index in [0.717, 1.165) is 12.3 Å². The monoisotopic (exact) mass is 334 g/mol. The lowest BCUT2D eigenvalue weighted by Crippen LogP contribution is -2.29. The van der Waals surface area contributed by atoms with Crippen molar-refractivity contribution in [3.8, 4) is 0 Å². The molecule has 9 heteroatoms. The maximum atomic E-state index is 12.0. The third-order valence-electron chi connectivity index (χ3n) is 2.54. The fraction of sp³-hybridized carbons (Fsp3) is 0.182. The fourth-order valence-electron chi connectivity index (χ4n) is 1.45. The van der Waals surface area contributed by atoms with Gasteiger partial charge in [-0.2, -0.15) is 11.3 Å². The van der Waals surface area contributed by atoms with Gasteiger partial charge in [-0.15, -0.1) is 0 Å². The maximum Gasteiger partial charge on any atom is 0.266 e. The standard InChI is InChI=1S/C11H11ClN2O4S2/c12-9-3-8(4-13-11(9)16)20(17,18)14-5-10(15)7-1-2-19-6-7/h1-4,6,10,14-15H,5H2,(H,13,16). The predicted octanol–water partition coefficient (Wildman–Crippen LogP) is 1.10. The summed E-state index contributed by atoms with van der Waals surface area (Å²) in [5.41, 5.74) is 0.0705. The first-order valence-corrected chi connectivity index (χ1v) is 8.28. The summed E-state index contributed by atoms with van der Waals surface area (Å²) in [6.45, 7) is -0.171. The van der Waals surface area contributed by atoms with Gasteiger partial charge in [-0.1, -0.05) is 11.6 Å². The number of rotatable bonds is 5. The highest BCUT2D eigenvalue weighted by molar-refractivity contribution is 7.89. The van der Waals surface area contributed by atoms with E-state index >= 15 is 0 Å². The van der Waals surface area contributed by atoms with Crippen LogP contribution in [-0.2, 0) is 10.0 Å². The van der Waals surface area contributed by atoms with Gasteiger partial charge in [0.2, 0.25) is 10.0 Å². The number of H-pyrrole nitrogens is 1. The van der Waals surface area contributed by atoms with Crippen LogP contribution < -0.4 is 10.3 Å². The number of thiophene rings is 1. The summed E-state index contributed by atoms with van der Waals surface area (Å²) in [4.78, 5) is 13.1. The second-order valence-corrected chi connectivity index (χ2v) is 6.89. The minimum Gasteiger partial charge on any atom is -0.387 e. The Morgan fingerprint density at radius 3 is 2.85 bits per heavy atom. The number of sulfonamides is 1. The first-order valence-electron chi connectivity index (χ1n) is 5.48. The smallest absolute Gasteiger partial charge is 0.266 e. The van der Waals surface area contributed by atoms with Crippen molar-refractivity contribution in [2.45, 2.75) is 11.0 Å². The number of pyridine rings is 1. The quantitative estimate of drug-likeness (QED) is 0.762. The third-order valence-corrected chi connectivity index (χ3v) is 4.92. The van der Waals surface area contributed by atoms with Gasteiger partial charge in [0.1, 0.15) is 5.02 Å². The molecule has 0 amide bonds. The van der Waals surface area contributed by atoms with Gasteiger partial charge in [-0.05, 0) is 28.5 Å². The lowest BCUT2D eigenvalue weighted by Gasteiger charge is -2.11. The van der Waals surface area contributed by atoms with Crippen LogP contribution in [0.3, 0.4) is 0 Å². The summed E-state index contributed by atoms with van der Waals surface area (Å²) < 4.78 is 26.2. The minimum atomic E-state index is -3.85. The molecule has 0 saturated carbocycles. The van der Waals surface area contributed by atoms with Gasteiger partial charge >= 0.3 is 0 Å². The van der Waals surface area contributed by atoms with Crippen molar-refractivity contribution in [3.05, 3.63) is 50.0 Å². The molecule has 1 unspecified atom stereocenters. The average Bonchev–Trinajstić information content (AvgIpc) is 2.93. The fourth-order valence-corrected chi connectivity index (χ4v) is 3.42. The molecule has 0 fully saturated rings. The van der Waals surface area contributed by atoms with Crippen molar-refractivity contribution < 1.29 is 13.5 Å². The lowest BCUT2D eigenvalue weighted by molar-refractivity contribution is 0.182. The second kappa shape index (κ2) is 6.06. The molecule has 0 spiro atoms. The van der Waals surface area contributed by atoms with Crippen molar-refractivity contribution in [2.75, 3.05) is 6.54 Å². The molecule has 0 aliphatic rings. The van der Waals surface area contributed by atoms with Gasteiger partial charge in [-0.3, -0.25) is 4.79 Å². The SMILES string of the molecule is O=c1[nH]cc(S(=O)(=O)NCC(O)c2ccsc2)cc1Cl. The van der Waals surface area contributed by atoms with E-state index in [9.17, 15) is 18.3 Å². The molecule has 108 valence electrons. The summed E-state index contributed by atoms with van der Waals surface area (Å²) in [6.07, 6.45) is 0.113. The Morgan fingerprint density at radius 2 is 2.25 bits per heavy atom. The molecule has 20 heavy (non-hydrogen) atoms.